The third-order valence-electron chi connectivity index (χ3n) is 4.99. The van der Waals surface area contributed by atoms with Gasteiger partial charge < -0.3 is 10.1 Å². The highest BCUT2D eigenvalue weighted by atomic mass is 35.5. The Morgan fingerprint density at radius 1 is 1.06 bits per heavy atom. The van der Waals surface area contributed by atoms with Crippen LogP contribution in [0.5, 0.6) is 5.75 Å². The molecule has 0 bridgehead atoms. The predicted molar refractivity (Wildman–Crippen MR) is 123 cm³/mol. The van der Waals surface area contributed by atoms with Gasteiger partial charge in [0.25, 0.3) is 5.91 Å². The average molecular weight is 435 g/mol. The second-order valence-corrected chi connectivity index (χ2v) is 8.07. The van der Waals surface area contributed by atoms with Crippen LogP contribution in [0.4, 0.5) is 5.69 Å². The van der Waals surface area contributed by atoms with Crippen LogP contribution in [0.2, 0.25) is 5.02 Å². The first-order chi connectivity index (χ1) is 14.9. The highest BCUT2D eigenvalue weighted by molar-refractivity contribution is 6.32. The fourth-order valence-corrected chi connectivity index (χ4v) is 3.39. The summed E-state index contributed by atoms with van der Waals surface area (Å²) in [6.07, 6.45) is 0. The van der Waals surface area contributed by atoms with Gasteiger partial charge in [-0.15, -0.1) is 10.2 Å². The molecule has 31 heavy (non-hydrogen) atoms. The number of halogens is 1. The minimum atomic E-state index is -0.279. The number of carbonyl (C=O) groups is 1. The van der Waals surface area contributed by atoms with Gasteiger partial charge in [0.15, 0.2) is 6.61 Å². The number of hydrogen-bond acceptors (Lipinski definition) is 4. The van der Waals surface area contributed by atoms with E-state index in [2.05, 4.69) is 41.5 Å². The highest BCUT2D eigenvalue weighted by Gasteiger charge is 2.12. The number of amides is 1. The fraction of sp³-hybridized carbons (Fsp3) is 0.208. The van der Waals surface area contributed by atoms with Gasteiger partial charge in [0.1, 0.15) is 16.8 Å². The van der Waals surface area contributed by atoms with Crippen molar-refractivity contribution in [2.75, 3.05) is 11.9 Å². The Hall–Kier alpha value is -3.38. The topological polar surface area (TPSA) is 69.0 Å². The largest absolute Gasteiger partial charge is 0.482 e. The molecule has 0 unspecified atom stereocenters. The Labute approximate surface area is 185 Å². The minimum absolute atomic E-state index is 0.143. The molecule has 3 aromatic carbocycles. The lowest BCUT2D eigenvalue weighted by Crippen LogP contribution is -2.20. The lowest BCUT2D eigenvalue weighted by Gasteiger charge is -2.10. The molecule has 6 nitrogen and oxygen atoms in total. The van der Waals surface area contributed by atoms with E-state index in [1.807, 2.05) is 31.2 Å². The number of nitrogens with one attached hydrogen (secondary N) is 1. The SMILES string of the molecule is Cc1cc2nn(-c3ccc(C(C)C)cc3)nc2cc1NC(=O)COc1ccccc1Cl. The van der Waals surface area contributed by atoms with E-state index in [1.165, 1.54) is 5.56 Å². The van der Waals surface area contributed by atoms with Crippen LogP contribution in [0.25, 0.3) is 16.7 Å². The Bertz CT molecular complexity index is 1230. The molecule has 1 N–H and O–H groups in total. The van der Waals surface area contributed by atoms with Crippen LogP contribution in [0.15, 0.2) is 60.7 Å². The second-order valence-electron chi connectivity index (χ2n) is 7.66. The van der Waals surface area contributed by atoms with E-state index < -0.39 is 0 Å². The Balaban J connectivity index is 1.50. The molecular formula is C24H23ClN4O2. The van der Waals surface area contributed by atoms with Crippen LogP contribution in [0, 0.1) is 6.92 Å². The van der Waals surface area contributed by atoms with E-state index >= 15 is 0 Å². The molecule has 0 saturated heterocycles. The van der Waals surface area contributed by atoms with Crippen LogP contribution >= 0.6 is 11.6 Å². The van der Waals surface area contributed by atoms with E-state index in [1.54, 1.807) is 29.1 Å². The molecule has 0 saturated carbocycles. The normalized spacial score (nSPS) is 11.1. The molecule has 0 atom stereocenters. The smallest absolute Gasteiger partial charge is 0.262 e. The van der Waals surface area contributed by atoms with Crippen molar-refractivity contribution in [1.29, 1.82) is 0 Å². The standard InChI is InChI=1S/C24H23ClN4O2/c1-15(2)17-8-10-18(11-9-17)29-27-21-12-16(3)20(13-22(21)28-29)26-24(30)14-31-23-7-5-4-6-19(23)25/h4-13,15H,14H2,1-3H3,(H,26,30). The van der Waals surface area contributed by atoms with Gasteiger partial charge in [-0.05, 0) is 60.4 Å². The van der Waals surface area contributed by atoms with Crippen molar-refractivity contribution in [2.24, 2.45) is 0 Å². The Morgan fingerprint density at radius 3 is 2.42 bits per heavy atom. The van der Waals surface area contributed by atoms with Crippen molar-refractivity contribution in [1.82, 2.24) is 15.0 Å². The first-order valence-electron chi connectivity index (χ1n) is 10.1. The van der Waals surface area contributed by atoms with Crippen LogP contribution in [0.3, 0.4) is 0 Å². The van der Waals surface area contributed by atoms with Gasteiger partial charge in [0.2, 0.25) is 0 Å². The van der Waals surface area contributed by atoms with Crippen molar-refractivity contribution in [3.63, 3.8) is 0 Å². The number of carbonyl (C=O) groups excluding carboxylic acids is 1. The van der Waals surface area contributed by atoms with Crippen molar-refractivity contribution >= 4 is 34.2 Å². The molecule has 4 aromatic rings. The molecule has 0 spiro atoms. The first kappa shape index (κ1) is 20.9. The summed E-state index contributed by atoms with van der Waals surface area (Å²) in [5, 5.41) is 12.5. The van der Waals surface area contributed by atoms with E-state index in [4.69, 9.17) is 16.3 Å². The number of aryl methyl sites for hydroxylation is 1. The predicted octanol–water partition coefficient (Wildman–Crippen LogP) is 5.52. The summed E-state index contributed by atoms with van der Waals surface area (Å²) in [7, 11) is 0. The highest BCUT2D eigenvalue weighted by Crippen LogP contribution is 2.24. The van der Waals surface area contributed by atoms with Gasteiger partial charge in [-0.1, -0.05) is 49.7 Å². The number of aromatic nitrogens is 3. The zero-order valence-corrected chi connectivity index (χ0v) is 18.3. The van der Waals surface area contributed by atoms with Crippen molar-refractivity contribution < 1.29 is 9.53 Å². The third kappa shape index (κ3) is 4.70. The van der Waals surface area contributed by atoms with Gasteiger partial charge in [-0.2, -0.15) is 4.80 Å². The quantitative estimate of drug-likeness (QED) is 0.433. The molecule has 0 aliphatic rings. The van der Waals surface area contributed by atoms with Crippen molar-refractivity contribution in [3.8, 4) is 11.4 Å². The number of hydrogen-bond donors (Lipinski definition) is 1. The summed E-state index contributed by atoms with van der Waals surface area (Å²) in [6.45, 7) is 6.09. The lowest BCUT2D eigenvalue weighted by molar-refractivity contribution is -0.118. The Morgan fingerprint density at radius 2 is 1.74 bits per heavy atom. The molecule has 1 heterocycles. The molecule has 0 aliphatic heterocycles. The van der Waals surface area contributed by atoms with Crippen LogP contribution in [-0.2, 0) is 4.79 Å². The van der Waals surface area contributed by atoms with Crippen LogP contribution < -0.4 is 10.1 Å². The van der Waals surface area contributed by atoms with Crippen LogP contribution in [-0.4, -0.2) is 27.5 Å². The summed E-state index contributed by atoms with van der Waals surface area (Å²) in [5.74, 6) is 0.659. The van der Waals surface area contributed by atoms with E-state index in [0.29, 0.717) is 27.9 Å². The maximum atomic E-state index is 12.4. The summed E-state index contributed by atoms with van der Waals surface area (Å²) in [4.78, 5) is 14.0. The maximum absolute atomic E-state index is 12.4. The summed E-state index contributed by atoms with van der Waals surface area (Å²) < 4.78 is 5.51. The minimum Gasteiger partial charge on any atom is -0.482 e. The van der Waals surface area contributed by atoms with Gasteiger partial charge in [0.05, 0.1) is 10.7 Å². The fourth-order valence-electron chi connectivity index (χ4n) is 3.20. The molecular weight excluding hydrogens is 412 g/mol. The zero-order valence-electron chi connectivity index (χ0n) is 17.6. The third-order valence-corrected chi connectivity index (χ3v) is 5.30. The molecule has 1 amide bonds. The lowest BCUT2D eigenvalue weighted by atomic mass is 10.0. The molecule has 0 aliphatic carbocycles. The number of nitrogens with zero attached hydrogens (tertiary/aromatic N) is 3. The summed E-state index contributed by atoms with van der Waals surface area (Å²) in [5.41, 5.74) is 5.16. The van der Waals surface area contributed by atoms with Crippen molar-refractivity contribution in [3.05, 3.63) is 76.8 Å². The number of para-hydroxylation sites is 1. The average Bonchev–Trinajstić information content (AvgIpc) is 3.16. The van der Waals surface area contributed by atoms with Gasteiger partial charge in [-0.3, -0.25) is 4.79 Å². The van der Waals surface area contributed by atoms with Gasteiger partial charge in [0, 0.05) is 5.69 Å². The zero-order chi connectivity index (χ0) is 22.0. The number of ether oxygens (including phenoxy) is 1. The van der Waals surface area contributed by atoms with Gasteiger partial charge in [-0.25, -0.2) is 0 Å². The van der Waals surface area contributed by atoms with Crippen LogP contribution in [0.1, 0.15) is 30.9 Å². The molecule has 4 rings (SSSR count). The first-order valence-corrected chi connectivity index (χ1v) is 10.4. The van der Waals surface area contributed by atoms with E-state index in [0.717, 1.165) is 16.8 Å². The molecule has 7 heteroatoms. The summed E-state index contributed by atoms with van der Waals surface area (Å²) >= 11 is 6.06. The summed E-state index contributed by atoms with van der Waals surface area (Å²) in [6, 6.07) is 19.0. The number of rotatable bonds is 6. The van der Waals surface area contributed by atoms with Gasteiger partial charge >= 0.3 is 0 Å². The second kappa shape index (κ2) is 8.78. The monoisotopic (exact) mass is 434 g/mol. The maximum Gasteiger partial charge on any atom is 0.262 e. The number of anilines is 1. The van der Waals surface area contributed by atoms with E-state index in [9.17, 15) is 4.79 Å². The Kier molecular flexibility index (Phi) is 5.91. The molecule has 0 radical (unpaired) electrons. The molecule has 1 aromatic heterocycles. The van der Waals surface area contributed by atoms with Crippen molar-refractivity contribution in [2.45, 2.75) is 26.7 Å². The number of fused-ring (bicyclic) bond motifs is 1. The molecule has 158 valence electrons. The number of benzene rings is 3. The molecule has 0 fully saturated rings. The van der Waals surface area contributed by atoms with E-state index in [-0.39, 0.29) is 12.5 Å².